The summed E-state index contributed by atoms with van der Waals surface area (Å²) in [5, 5.41) is 3.01. The van der Waals surface area contributed by atoms with Crippen molar-refractivity contribution in [1.82, 2.24) is 10.2 Å². The number of hydrogen-bond donors (Lipinski definition) is 1. The summed E-state index contributed by atoms with van der Waals surface area (Å²) in [6.07, 6.45) is 6.78. The van der Waals surface area contributed by atoms with E-state index in [4.69, 9.17) is 0 Å². The topological polar surface area (TPSA) is 49.4 Å². The Kier molecular flexibility index (Phi) is 2.03. The molecule has 0 bridgehead atoms. The zero-order valence-electron chi connectivity index (χ0n) is 9.66. The average molecular weight is 222 g/mol. The van der Waals surface area contributed by atoms with Crippen molar-refractivity contribution in [3.05, 3.63) is 0 Å². The summed E-state index contributed by atoms with van der Waals surface area (Å²) in [5.41, 5.74) is -0.525. The highest BCUT2D eigenvalue weighted by atomic mass is 16.2. The summed E-state index contributed by atoms with van der Waals surface area (Å²) >= 11 is 0. The van der Waals surface area contributed by atoms with Crippen LogP contribution in [0.1, 0.15) is 38.5 Å². The Hall–Kier alpha value is -1.06. The monoisotopic (exact) mass is 222 g/mol. The summed E-state index contributed by atoms with van der Waals surface area (Å²) in [6, 6.07) is -0.205. The minimum absolute atomic E-state index is 0.0203. The first-order chi connectivity index (χ1) is 7.66. The molecule has 0 aromatic heterocycles. The van der Waals surface area contributed by atoms with Crippen molar-refractivity contribution in [2.24, 2.45) is 11.8 Å². The van der Waals surface area contributed by atoms with Crippen LogP contribution in [-0.2, 0) is 4.79 Å². The highest BCUT2D eigenvalue weighted by Gasteiger charge is 2.60. The first-order valence-electron chi connectivity index (χ1n) is 6.26. The predicted octanol–water partition coefficient (Wildman–Crippen LogP) is 1.51. The van der Waals surface area contributed by atoms with Gasteiger partial charge in [-0.25, -0.2) is 4.79 Å². The van der Waals surface area contributed by atoms with Crippen molar-refractivity contribution < 1.29 is 9.59 Å². The fraction of sp³-hybridized carbons (Fsp3) is 0.833. The quantitative estimate of drug-likeness (QED) is 0.720. The van der Waals surface area contributed by atoms with Crippen molar-refractivity contribution in [2.45, 2.75) is 44.1 Å². The largest absolute Gasteiger partial charge is 0.324 e. The van der Waals surface area contributed by atoms with E-state index >= 15 is 0 Å². The maximum atomic E-state index is 12.3. The van der Waals surface area contributed by atoms with Crippen molar-refractivity contribution >= 4 is 11.9 Å². The molecule has 1 saturated heterocycles. The summed E-state index contributed by atoms with van der Waals surface area (Å²) < 4.78 is 0. The van der Waals surface area contributed by atoms with Gasteiger partial charge in [-0.2, -0.15) is 0 Å². The maximum absolute atomic E-state index is 12.3. The van der Waals surface area contributed by atoms with Gasteiger partial charge in [-0.15, -0.1) is 0 Å². The molecule has 3 fully saturated rings. The van der Waals surface area contributed by atoms with Crippen LogP contribution in [0.2, 0.25) is 0 Å². The minimum atomic E-state index is -0.525. The third kappa shape index (κ3) is 1.05. The van der Waals surface area contributed by atoms with E-state index in [0.717, 1.165) is 25.7 Å². The van der Waals surface area contributed by atoms with Gasteiger partial charge in [-0.1, -0.05) is 12.8 Å². The molecular weight excluding hydrogens is 204 g/mol. The summed E-state index contributed by atoms with van der Waals surface area (Å²) in [5.74, 6) is 0.797. The molecule has 4 heteroatoms. The normalized spacial score (nSPS) is 29.9. The number of amides is 3. The highest BCUT2D eigenvalue weighted by molar-refractivity contribution is 6.07. The summed E-state index contributed by atoms with van der Waals surface area (Å²) in [4.78, 5) is 25.3. The molecule has 3 amide bonds. The smallest absolute Gasteiger partial charge is 0.323 e. The lowest BCUT2D eigenvalue weighted by Gasteiger charge is -2.48. The molecule has 3 aliphatic rings. The number of carbonyl (C=O) groups is 2. The average Bonchev–Trinajstić information content (AvgIpc) is 2.26. The number of urea groups is 1. The summed E-state index contributed by atoms with van der Waals surface area (Å²) in [6.45, 7) is 0. The number of hydrogen-bond acceptors (Lipinski definition) is 2. The lowest BCUT2D eigenvalue weighted by molar-refractivity contribution is -0.138. The van der Waals surface area contributed by atoms with Crippen molar-refractivity contribution in [3.63, 3.8) is 0 Å². The van der Waals surface area contributed by atoms with E-state index in [1.165, 1.54) is 17.7 Å². The molecule has 1 aliphatic heterocycles. The van der Waals surface area contributed by atoms with Gasteiger partial charge in [0, 0.05) is 7.05 Å². The van der Waals surface area contributed by atoms with Gasteiger partial charge >= 0.3 is 6.03 Å². The first-order valence-corrected chi connectivity index (χ1v) is 6.26. The third-order valence-electron chi connectivity index (χ3n) is 4.78. The predicted molar refractivity (Wildman–Crippen MR) is 58.7 cm³/mol. The Morgan fingerprint density at radius 2 is 1.62 bits per heavy atom. The molecule has 1 heterocycles. The van der Waals surface area contributed by atoms with Gasteiger partial charge in [0.1, 0.15) is 5.54 Å². The summed E-state index contributed by atoms with van der Waals surface area (Å²) in [7, 11) is 1.59. The first kappa shape index (κ1) is 10.1. The van der Waals surface area contributed by atoms with Crippen LogP contribution in [0.25, 0.3) is 0 Å². The molecule has 3 rings (SSSR count). The molecule has 0 radical (unpaired) electrons. The molecule has 16 heavy (non-hydrogen) atoms. The second-order valence-corrected chi connectivity index (χ2v) is 5.42. The van der Waals surface area contributed by atoms with Crippen LogP contribution in [0, 0.1) is 11.8 Å². The van der Waals surface area contributed by atoms with E-state index in [1.54, 1.807) is 7.05 Å². The number of carbonyl (C=O) groups excluding carboxylic acids is 2. The highest BCUT2D eigenvalue weighted by Crippen LogP contribution is 2.49. The molecule has 0 aromatic rings. The van der Waals surface area contributed by atoms with Crippen LogP contribution >= 0.6 is 0 Å². The Morgan fingerprint density at radius 1 is 1.12 bits per heavy atom. The van der Waals surface area contributed by atoms with E-state index in [9.17, 15) is 9.59 Å². The number of nitrogens with one attached hydrogen (secondary N) is 1. The van der Waals surface area contributed by atoms with Crippen molar-refractivity contribution in [3.8, 4) is 0 Å². The Balaban J connectivity index is 1.95. The van der Waals surface area contributed by atoms with E-state index in [0.29, 0.717) is 11.8 Å². The number of nitrogens with zero attached hydrogens (tertiary/aromatic N) is 1. The minimum Gasteiger partial charge on any atom is -0.323 e. The van der Waals surface area contributed by atoms with Crippen LogP contribution in [0.4, 0.5) is 4.79 Å². The fourth-order valence-electron chi connectivity index (χ4n) is 3.30. The van der Waals surface area contributed by atoms with E-state index < -0.39 is 5.54 Å². The third-order valence-corrected chi connectivity index (χ3v) is 4.78. The van der Waals surface area contributed by atoms with Crippen LogP contribution in [0.5, 0.6) is 0 Å². The molecule has 2 aliphatic carbocycles. The van der Waals surface area contributed by atoms with Crippen LogP contribution in [0.3, 0.4) is 0 Å². The van der Waals surface area contributed by atoms with E-state index in [1.807, 2.05) is 0 Å². The van der Waals surface area contributed by atoms with Crippen molar-refractivity contribution in [1.29, 1.82) is 0 Å². The van der Waals surface area contributed by atoms with Gasteiger partial charge in [0.25, 0.3) is 5.91 Å². The Bertz CT molecular complexity index is 331. The SMILES string of the molecule is CN1C(=O)NC(C2CCC2)(C2CCC2)C1=O. The van der Waals surface area contributed by atoms with Gasteiger partial charge in [-0.3, -0.25) is 9.69 Å². The second-order valence-electron chi connectivity index (χ2n) is 5.42. The number of imide groups is 1. The van der Waals surface area contributed by atoms with Gasteiger partial charge < -0.3 is 5.32 Å². The Labute approximate surface area is 95.4 Å². The van der Waals surface area contributed by atoms with Crippen LogP contribution in [-0.4, -0.2) is 29.4 Å². The van der Waals surface area contributed by atoms with Gasteiger partial charge in [0.05, 0.1) is 0 Å². The molecule has 4 nitrogen and oxygen atoms in total. The molecule has 0 aromatic carbocycles. The standard InChI is InChI=1S/C12H18N2O2/c1-14-10(15)12(13-11(14)16,8-4-2-5-8)9-6-3-7-9/h8-9H,2-7H2,1H3,(H,13,16). The maximum Gasteiger partial charge on any atom is 0.324 e. The van der Waals surface area contributed by atoms with E-state index in [-0.39, 0.29) is 11.9 Å². The van der Waals surface area contributed by atoms with Gasteiger partial charge in [0.15, 0.2) is 0 Å². The van der Waals surface area contributed by atoms with Crippen LogP contribution < -0.4 is 5.32 Å². The lowest BCUT2D eigenvalue weighted by Crippen LogP contribution is -2.61. The second kappa shape index (κ2) is 3.22. The van der Waals surface area contributed by atoms with E-state index in [2.05, 4.69) is 5.32 Å². The molecular formula is C12H18N2O2. The zero-order chi connectivity index (χ0) is 11.3. The molecule has 2 saturated carbocycles. The molecule has 1 N–H and O–H groups in total. The molecule has 0 unspecified atom stereocenters. The number of likely N-dealkylation sites (N-methyl/N-ethyl adjacent to an activating group) is 1. The lowest BCUT2D eigenvalue weighted by atomic mass is 9.59. The Morgan fingerprint density at radius 3 is 1.88 bits per heavy atom. The zero-order valence-corrected chi connectivity index (χ0v) is 9.66. The molecule has 0 atom stereocenters. The van der Waals surface area contributed by atoms with Gasteiger partial charge in [0.2, 0.25) is 0 Å². The molecule has 88 valence electrons. The number of rotatable bonds is 2. The van der Waals surface area contributed by atoms with Crippen molar-refractivity contribution in [2.75, 3.05) is 7.05 Å². The fourth-order valence-corrected chi connectivity index (χ4v) is 3.30. The molecule has 0 spiro atoms. The van der Waals surface area contributed by atoms with Crippen LogP contribution in [0.15, 0.2) is 0 Å². The van der Waals surface area contributed by atoms with Gasteiger partial charge in [-0.05, 0) is 37.5 Å².